The molecule has 0 amide bonds. The van der Waals surface area contributed by atoms with Gasteiger partial charge in [0.1, 0.15) is 0 Å². The number of carboxylic acid groups (broad SMARTS) is 1. The number of aryl methyl sites for hydroxylation is 1. The van der Waals surface area contributed by atoms with Crippen LogP contribution in [0.1, 0.15) is 12.5 Å². The highest BCUT2D eigenvalue weighted by Crippen LogP contribution is 2.20. The van der Waals surface area contributed by atoms with E-state index < -0.39 is 5.97 Å². The summed E-state index contributed by atoms with van der Waals surface area (Å²) in [6.07, 6.45) is 1.54. The number of para-hydroxylation sites is 1. The van der Waals surface area contributed by atoms with Crippen LogP contribution >= 0.6 is 0 Å². The fourth-order valence-electron chi connectivity index (χ4n) is 1.54. The van der Waals surface area contributed by atoms with Crippen molar-refractivity contribution >= 4 is 11.7 Å². The topological polar surface area (TPSA) is 60.8 Å². The SMILES string of the molecule is CC(=CN(CCO)c1ccccc1C)C(=O)O. The first kappa shape index (κ1) is 13.3. The van der Waals surface area contributed by atoms with E-state index in [0.717, 1.165) is 11.3 Å². The molecule has 0 radical (unpaired) electrons. The number of benzene rings is 1. The van der Waals surface area contributed by atoms with Crippen molar-refractivity contribution < 1.29 is 15.0 Å². The Morgan fingerprint density at radius 2 is 2.06 bits per heavy atom. The van der Waals surface area contributed by atoms with Gasteiger partial charge in [-0.05, 0) is 25.5 Å². The third-order valence-electron chi connectivity index (χ3n) is 2.45. The normalized spacial score (nSPS) is 11.4. The smallest absolute Gasteiger partial charge is 0.332 e. The van der Waals surface area contributed by atoms with E-state index in [1.54, 1.807) is 11.1 Å². The zero-order valence-electron chi connectivity index (χ0n) is 10.1. The molecule has 0 aromatic heterocycles. The number of aliphatic carboxylic acids is 1. The Bertz CT molecular complexity index is 426. The van der Waals surface area contributed by atoms with E-state index in [1.165, 1.54) is 6.92 Å². The summed E-state index contributed by atoms with van der Waals surface area (Å²) in [7, 11) is 0. The largest absolute Gasteiger partial charge is 0.478 e. The number of aliphatic hydroxyl groups excluding tert-OH is 1. The van der Waals surface area contributed by atoms with Gasteiger partial charge in [-0.3, -0.25) is 0 Å². The number of carbonyl (C=O) groups is 1. The molecular formula is C13H17NO3. The molecule has 0 saturated heterocycles. The van der Waals surface area contributed by atoms with Gasteiger partial charge in [-0.2, -0.15) is 0 Å². The van der Waals surface area contributed by atoms with Crippen LogP contribution in [-0.4, -0.2) is 29.3 Å². The van der Waals surface area contributed by atoms with Crippen LogP contribution < -0.4 is 4.90 Å². The lowest BCUT2D eigenvalue weighted by Crippen LogP contribution is -2.22. The average Bonchev–Trinajstić information content (AvgIpc) is 2.29. The highest BCUT2D eigenvalue weighted by molar-refractivity contribution is 5.86. The van der Waals surface area contributed by atoms with Crippen LogP contribution in [0.3, 0.4) is 0 Å². The first-order chi connectivity index (χ1) is 8.06. The summed E-state index contributed by atoms with van der Waals surface area (Å²) in [5.41, 5.74) is 2.18. The Balaban J connectivity index is 3.06. The molecule has 17 heavy (non-hydrogen) atoms. The van der Waals surface area contributed by atoms with Gasteiger partial charge in [0.25, 0.3) is 0 Å². The second-order valence-electron chi connectivity index (χ2n) is 3.82. The zero-order valence-corrected chi connectivity index (χ0v) is 10.1. The minimum absolute atomic E-state index is 0.0300. The number of aliphatic hydroxyl groups is 1. The van der Waals surface area contributed by atoms with E-state index in [4.69, 9.17) is 10.2 Å². The van der Waals surface area contributed by atoms with Crippen LogP contribution in [0.2, 0.25) is 0 Å². The maximum atomic E-state index is 10.8. The highest BCUT2D eigenvalue weighted by Gasteiger charge is 2.08. The van der Waals surface area contributed by atoms with Crippen molar-refractivity contribution in [2.24, 2.45) is 0 Å². The summed E-state index contributed by atoms with van der Waals surface area (Å²) in [5.74, 6) is -0.957. The number of carboxylic acids is 1. The minimum Gasteiger partial charge on any atom is -0.478 e. The van der Waals surface area contributed by atoms with Crippen LogP contribution in [0.25, 0.3) is 0 Å². The fraction of sp³-hybridized carbons (Fsp3) is 0.308. The van der Waals surface area contributed by atoms with Gasteiger partial charge >= 0.3 is 5.97 Å². The molecule has 0 heterocycles. The molecule has 0 saturated carbocycles. The zero-order chi connectivity index (χ0) is 12.8. The molecule has 0 unspecified atom stereocenters. The summed E-state index contributed by atoms with van der Waals surface area (Å²) in [6.45, 7) is 3.82. The molecule has 92 valence electrons. The van der Waals surface area contributed by atoms with E-state index in [1.807, 2.05) is 31.2 Å². The molecule has 4 heteroatoms. The number of rotatable bonds is 5. The van der Waals surface area contributed by atoms with Crippen molar-refractivity contribution in [1.82, 2.24) is 0 Å². The Labute approximate surface area is 101 Å². The van der Waals surface area contributed by atoms with Crippen LogP contribution in [-0.2, 0) is 4.79 Å². The number of hydrogen-bond acceptors (Lipinski definition) is 3. The van der Waals surface area contributed by atoms with Crippen molar-refractivity contribution in [3.8, 4) is 0 Å². The molecule has 0 spiro atoms. The van der Waals surface area contributed by atoms with Gasteiger partial charge in [0.15, 0.2) is 0 Å². The van der Waals surface area contributed by atoms with Gasteiger partial charge in [0.05, 0.1) is 12.2 Å². The van der Waals surface area contributed by atoms with E-state index >= 15 is 0 Å². The van der Waals surface area contributed by atoms with Crippen LogP contribution in [0.15, 0.2) is 36.0 Å². The van der Waals surface area contributed by atoms with Gasteiger partial charge in [-0.15, -0.1) is 0 Å². The molecular weight excluding hydrogens is 218 g/mol. The maximum Gasteiger partial charge on any atom is 0.332 e. The van der Waals surface area contributed by atoms with Crippen molar-refractivity contribution in [1.29, 1.82) is 0 Å². The Morgan fingerprint density at radius 3 is 2.59 bits per heavy atom. The summed E-state index contributed by atoms with van der Waals surface area (Å²) in [4.78, 5) is 12.5. The van der Waals surface area contributed by atoms with Gasteiger partial charge in [0.2, 0.25) is 0 Å². The second kappa shape index (κ2) is 6.06. The van der Waals surface area contributed by atoms with E-state index in [0.29, 0.717) is 6.54 Å². The molecule has 0 aliphatic heterocycles. The second-order valence-corrected chi connectivity index (χ2v) is 3.82. The molecule has 0 bridgehead atoms. The molecule has 0 aliphatic rings. The third-order valence-corrected chi connectivity index (χ3v) is 2.45. The molecule has 0 aliphatic carbocycles. The molecule has 0 atom stereocenters. The molecule has 0 fully saturated rings. The Kier molecular flexibility index (Phi) is 4.72. The predicted molar refractivity (Wildman–Crippen MR) is 67.0 cm³/mol. The van der Waals surface area contributed by atoms with Gasteiger partial charge in [-0.25, -0.2) is 4.79 Å². The standard InChI is InChI=1S/C13H17NO3/c1-10-5-3-4-6-12(10)14(7-8-15)9-11(2)13(16)17/h3-6,9,15H,7-8H2,1-2H3,(H,16,17). The lowest BCUT2D eigenvalue weighted by Gasteiger charge is -2.22. The van der Waals surface area contributed by atoms with Crippen molar-refractivity contribution in [2.75, 3.05) is 18.1 Å². The Morgan fingerprint density at radius 1 is 1.41 bits per heavy atom. The van der Waals surface area contributed by atoms with E-state index in [-0.39, 0.29) is 12.2 Å². The van der Waals surface area contributed by atoms with Crippen LogP contribution in [0.5, 0.6) is 0 Å². The lowest BCUT2D eigenvalue weighted by atomic mass is 10.2. The summed E-state index contributed by atoms with van der Waals surface area (Å²) in [5, 5.41) is 17.9. The van der Waals surface area contributed by atoms with E-state index in [9.17, 15) is 4.79 Å². The molecule has 4 nitrogen and oxygen atoms in total. The first-order valence-corrected chi connectivity index (χ1v) is 5.41. The van der Waals surface area contributed by atoms with Crippen LogP contribution in [0.4, 0.5) is 5.69 Å². The van der Waals surface area contributed by atoms with Crippen LogP contribution in [0, 0.1) is 6.92 Å². The molecule has 2 N–H and O–H groups in total. The van der Waals surface area contributed by atoms with Crippen molar-refractivity contribution in [3.63, 3.8) is 0 Å². The fourth-order valence-corrected chi connectivity index (χ4v) is 1.54. The van der Waals surface area contributed by atoms with Gasteiger partial charge in [0, 0.05) is 18.4 Å². The average molecular weight is 235 g/mol. The van der Waals surface area contributed by atoms with Gasteiger partial charge < -0.3 is 15.1 Å². The van der Waals surface area contributed by atoms with Crippen molar-refractivity contribution in [3.05, 3.63) is 41.6 Å². The molecule has 1 aromatic carbocycles. The quantitative estimate of drug-likeness (QED) is 0.764. The maximum absolute atomic E-state index is 10.8. The summed E-state index contributed by atoms with van der Waals surface area (Å²) >= 11 is 0. The van der Waals surface area contributed by atoms with Crippen molar-refractivity contribution in [2.45, 2.75) is 13.8 Å². The summed E-state index contributed by atoms with van der Waals surface area (Å²) < 4.78 is 0. The first-order valence-electron chi connectivity index (χ1n) is 5.41. The number of anilines is 1. The molecule has 1 rings (SSSR count). The highest BCUT2D eigenvalue weighted by atomic mass is 16.4. The third kappa shape index (κ3) is 3.60. The minimum atomic E-state index is -0.957. The number of nitrogens with zero attached hydrogens (tertiary/aromatic N) is 1. The van der Waals surface area contributed by atoms with E-state index in [2.05, 4.69) is 0 Å². The number of hydrogen-bond donors (Lipinski definition) is 2. The Hall–Kier alpha value is -1.81. The summed E-state index contributed by atoms with van der Waals surface area (Å²) in [6, 6.07) is 7.65. The molecule has 1 aromatic rings. The predicted octanol–water partition coefficient (Wildman–Crippen LogP) is 1.78. The lowest BCUT2D eigenvalue weighted by molar-refractivity contribution is -0.132. The monoisotopic (exact) mass is 235 g/mol. The van der Waals surface area contributed by atoms with Gasteiger partial charge in [-0.1, -0.05) is 18.2 Å².